The maximum Gasteiger partial charge on any atom is 0.333 e. The largest absolute Gasteiger partial charge is 0.467 e. The molecule has 0 aromatic carbocycles. The van der Waals surface area contributed by atoms with Gasteiger partial charge in [0.05, 0.1) is 7.11 Å². The standard InChI is InChI=1S/C3H6O5S/c1-7-3(4)2-8-9(5)6/h2H2,1H3,(H,5,6). The molecule has 0 fully saturated rings. The van der Waals surface area contributed by atoms with Crippen molar-refractivity contribution in [1.82, 2.24) is 0 Å². The zero-order chi connectivity index (χ0) is 7.28. The molecule has 0 amide bonds. The molecule has 0 aromatic rings. The van der Waals surface area contributed by atoms with Gasteiger partial charge in [-0.2, -0.15) is 4.21 Å². The molecule has 0 heterocycles. The third-order valence-corrected chi connectivity index (χ3v) is 0.825. The molecule has 0 aliphatic heterocycles. The Morgan fingerprint density at radius 3 is 2.67 bits per heavy atom. The van der Waals surface area contributed by atoms with Crippen LogP contribution in [0.3, 0.4) is 0 Å². The average Bonchev–Trinajstić information content (AvgIpc) is 1.83. The van der Waals surface area contributed by atoms with E-state index in [1.807, 2.05) is 0 Å². The minimum atomic E-state index is -2.39. The van der Waals surface area contributed by atoms with E-state index in [1.54, 1.807) is 0 Å². The van der Waals surface area contributed by atoms with Gasteiger partial charge in [-0.3, -0.25) is 8.74 Å². The van der Waals surface area contributed by atoms with Crippen LogP contribution in [0.4, 0.5) is 0 Å². The number of methoxy groups -OCH3 is 1. The van der Waals surface area contributed by atoms with Crippen molar-refractivity contribution < 1.29 is 22.5 Å². The van der Waals surface area contributed by atoms with Crippen molar-refractivity contribution in [3.05, 3.63) is 0 Å². The highest BCUT2D eigenvalue weighted by molar-refractivity contribution is 7.74. The topological polar surface area (TPSA) is 72.8 Å². The molecule has 6 heteroatoms. The molecule has 1 atom stereocenters. The van der Waals surface area contributed by atoms with E-state index in [0.29, 0.717) is 0 Å². The van der Waals surface area contributed by atoms with E-state index in [1.165, 1.54) is 0 Å². The van der Waals surface area contributed by atoms with E-state index in [9.17, 15) is 9.00 Å². The van der Waals surface area contributed by atoms with Crippen LogP contribution in [-0.2, 0) is 25.1 Å². The van der Waals surface area contributed by atoms with Crippen LogP contribution < -0.4 is 0 Å². The molecule has 0 saturated heterocycles. The van der Waals surface area contributed by atoms with Gasteiger partial charge in [-0.15, -0.1) is 0 Å². The second-order valence-corrected chi connectivity index (χ2v) is 1.73. The predicted molar refractivity (Wildman–Crippen MR) is 28.7 cm³/mol. The molecule has 0 saturated carbocycles. The molecule has 5 nitrogen and oxygen atoms in total. The fourth-order valence-corrected chi connectivity index (χ4v) is 0.354. The van der Waals surface area contributed by atoms with Crippen LogP contribution in [0.1, 0.15) is 0 Å². The molecule has 0 aliphatic rings. The van der Waals surface area contributed by atoms with Crippen LogP contribution >= 0.6 is 0 Å². The Morgan fingerprint density at radius 1 is 1.78 bits per heavy atom. The van der Waals surface area contributed by atoms with Crippen LogP contribution in [0.25, 0.3) is 0 Å². The molecule has 1 N–H and O–H groups in total. The number of esters is 1. The summed E-state index contributed by atoms with van der Waals surface area (Å²) in [4.78, 5) is 10.1. The maximum atomic E-state index is 10.1. The molecule has 54 valence electrons. The van der Waals surface area contributed by atoms with Crippen LogP contribution in [-0.4, -0.2) is 28.4 Å². The van der Waals surface area contributed by atoms with E-state index in [0.717, 1.165) is 7.11 Å². The summed E-state index contributed by atoms with van der Waals surface area (Å²) in [5.74, 6) is -0.683. The smallest absolute Gasteiger partial charge is 0.333 e. The van der Waals surface area contributed by atoms with Crippen molar-refractivity contribution >= 4 is 17.3 Å². The summed E-state index contributed by atoms with van der Waals surface area (Å²) in [6.45, 7) is -0.500. The van der Waals surface area contributed by atoms with E-state index in [-0.39, 0.29) is 0 Å². The highest BCUT2D eigenvalue weighted by Gasteiger charge is 2.01. The minimum Gasteiger partial charge on any atom is -0.467 e. The van der Waals surface area contributed by atoms with Gasteiger partial charge in [-0.1, -0.05) is 0 Å². The fraction of sp³-hybridized carbons (Fsp3) is 0.667. The van der Waals surface area contributed by atoms with E-state index in [2.05, 4.69) is 8.92 Å². The number of carbonyl (C=O) groups is 1. The summed E-state index contributed by atoms with van der Waals surface area (Å²) in [6, 6.07) is 0. The molecule has 0 spiro atoms. The van der Waals surface area contributed by atoms with Crippen LogP contribution in [0.2, 0.25) is 0 Å². The number of hydrogen-bond donors (Lipinski definition) is 1. The summed E-state index contributed by atoms with van der Waals surface area (Å²) in [7, 11) is 1.16. The summed E-state index contributed by atoms with van der Waals surface area (Å²) in [5, 5.41) is 0. The first kappa shape index (κ1) is 8.54. The van der Waals surface area contributed by atoms with E-state index < -0.39 is 23.9 Å². The third kappa shape index (κ3) is 5.41. The first-order chi connectivity index (χ1) is 4.16. The minimum absolute atomic E-state index is 0.500. The van der Waals surface area contributed by atoms with Crippen LogP contribution in [0.5, 0.6) is 0 Å². The predicted octanol–water partition coefficient (Wildman–Crippen LogP) is -0.687. The van der Waals surface area contributed by atoms with E-state index >= 15 is 0 Å². The highest BCUT2D eigenvalue weighted by Crippen LogP contribution is 1.80. The number of hydrogen-bond acceptors (Lipinski definition) is 4. The number of rotatable bonds is 3. The first-order valence-corrected chi connectivity index (χ1v) is 3.01. The van der Waals surface area contributed by atoms with Gasteiger partial charge in [0.1, 0.15) is 0 Å². The molecule has 9 heavy (non-hydrogen) atoms. The summed E-state index contributed by atoms with van der Waals surface area (Å²) < 4.78 is 25.7. The molecule has 1 unspecified atom stereocenters. The Morgan fingerprint density at radius 2 is 2.33 bits per heavy atom. The molecule has 0 bridgehead atoms. The normalized spacial score (nSPS) is 12.7. The SMILES string of the molecule is COC(=O)COS(=O)O. The fourth-order valence-electron chi connectivity index (χ4n) is 0.157. The van der Waals surface area contributed by atoms with Crippen molar-refractivity contribution in [2.45, 2.75) is 0 Å². The van der Waals surface area contributed by atoms with Gasteiger partial charge < -0.3 is 4.74 Å². The lowest BCUT2D eigenvalue weighted by Crippen LogP contribution is -2.10. The van der Waals surface area contributed by atoms with Crippen molar-refractivity contribution in [1.29, 1.82) is 0 Å². The van der Waals surface area contributed by atoms with Crippen LogP contribution in [0, 0.1) is 0 Å². The molecular weight excluding hydrogens is 148 g/mol. The molecule has 0 aromatic heterocycles. The summed E-state index contributed by atoms with van der Waals surface area (Å²) in [5.41, 5.74) is 0. The lowest BCUT2D eigenvalue weighted by atomic mass is 10.8. The van der Waals surface area contributed by atoms with Gasteiger partial charge in [0.15, 0.2) is 6.61 Å². The summed E-state index contributed by atoms with van der Waals surface area (Å²) in [6.07, 6.45) is 0. The van der Waals surface area contributed by atoms with Gasteiger partial charge in [-0.25, -0.2) is 4.79 Å². The Labute approximate surface area is 54.4 Å². The van der Waals surface area contributed by atoms with Gasteiger partial charge in [0.2, 0.25) is 0 Å². The van der Waals surface area contributed by atoms with Gasteiger partial charge >= 0.3 is 17.3 Å². The second kappa shape index (κ2) is 4.42. The molecular formula is C3H6O5S. The zero-order valence-electron chi connectivity index (χ0n) is 4.70. The highest BCUT2D eigenvalue weighted by atomic mass is 32.2. The second-order valence-electron chi connectivity index (χ2n) is 1.06. The Balaban J connectivity index is 3.28. The lowest BCUT2D eigenvalue weighted by Gasteiger charge is -1.94. The monoisotopic (exact) mass is 154 g/mol. The van der Waals surface area contributed by atoms with Crippen molar-refractivity contribution in [3.63, 3.8) is 0 Å². The molecule has 0 aliphatic carbocycles. The van der Waals surface area contributed by atoms with Gasteiger partial charge in [-0.05, 0) is 0 Å². The van der Waals surface area contributed by atoms with Gasteiger partial charge in [0, 0.05) is 0 Å². The quantitative estimate of drug-likeness (QED) is 0.430. The third-order valence-electron chi connectivity index (χ3n) is 0.505. The maximum absolute atomic E-state index is 10.1. The van der Waals surface area contributed by atoms with Crippen molar-refractivity contribution in [2.24, 2.45) is 0 Å². The van der Waals surface area contributed by atoms with Crippen LogP contribution in [0.15, 0.2) is 0 Å². The van der Waals surface area contributed by atoms with E-state index in [4.69, 9.17) is 4.55 Å². The molecule has 0 rings (SSSR count). The lowest BCUT2D eigenvalue weighted by molar-refractivity contribution is -0.142. The summed E-state index contributed by atoms with van der Waals surface area (Å²) >= 11 is -2.39. The number of carbonyl (C=O) groups excluding carboxylic acids is 1. The average molecular weight is 154 g/mol. The van der Waals surface area contributed by atoms with Gasteiger partial charge in [0.25, 0.3) is 0 Å². The Bertz CT molecular complexity index is 121. The number of ether oxygens (including phenoxy) is 1. The van der Waals surface area contributed by atoms with Crippen molar-refractivity contribution in [2.75, 3.05) is 13.7 Å². The van der Waals surface area contributed by atoms with Crippen molar-refractivity contribution in [3.8, 4) is 0 Å². The Kier molecular flexibility index (Phi) is 4.20. The zero-order valence-corrected chi connectivity index (χ0v) is 5.51. The first-order valence-electron chi connectivity index (χ1n) is 1.97. The Hall–Kier alpha value is -0.460. The molecule has 0 radical (unpaired) electrons.